The second-order valence-electron chi connectivity index (χ2n) is 5.06. The van der Waals surface area contributed by atoms with E-state index in [9.17, 15) is 23.4 Å². The van der Waals surface area contributed by atoms with Crippen molar-refractivity contribution in [2.24, 2.45) is 0 Å². The standard InChI is InChI=1S/C13H17NO6S/c15-11-6-5-8(7-9(11)13(17)18)21(19,20)14-10-3-1-2-4-12(10)16/h5-7,10,12,14-16H,1-4H2,(H,17,18)/t10-,12-/m1/s1. The molecule has 1 aromatic carbocycles. The fourth-order valence-electron chi connectivity index (χ4n) is 2.37. The van der Waals surface area contributed by atoms with E-state index in [0.717, 1.165) is 31.0 Å². The van der Waals surface area contributed by atoms with Gasteiger partial charge in [-0.3, -0.25) is 0 Å². The molecule has 0 bridgehead atoms. The Morgan fingerprint density at radius 3 is 2.52 bits per heavy atom. The normalized spacial score (nSPS) is 22.9. The molecule has 1 fully saturated rings. The minimum absolute atomic E-state index is 0.254. The molecule has 0 aromatic heterocycles. The van der Waals surface area contributed by atoms with E-state index in [1.807, 2.05) is 0 Å². The van der Waals surface area contributed by atoms with Gasteiger partial charge in [-0.1, -0.05) is 12.8 Å². The van der Waals surface area contributed by atoms with Crippen LogP contribution in [0.1, 0.15) is 36.0 Å². The van der Waals surface area contributed by atoms with Crippen LogP contribution in [-0.2, 0) is 10.0 Å². The summed E-state index contributed by atoms with van der Waals surface area (Å²) in [6, 6.07) is 2.47. The molecule has 116 valence electrons. The Hall–Kier alpha value is -1.64. The van der Waals surface area contributed by atoms with Crippen LogP contribution in [0, 0.1) is 0 Å². The summed E-state index contributed by atoms with van der Waals surface area (Å²) in [5, 5.41) is 28.1. The molecule has 1 aromatic rings. The summed E-state index contributed by atoms with van der Waals surface area (Å²) in [5.41, 5.74) is -0.484. The zero-order valence-electron chi connectivity index (χ0n) is 11.2. The fourth-order valence-corrected chi connectivity index (χ4v) is 3.70. The zero-order valence-corrected chi connectivity index (χ0v) is 12.0. The van der Waals surface area contributed by atoms with Crippen molar-refractivity contribution in [1.82, 2.24) is 4.72 Å². The Labute approximate surface area is 122 Å². The predicted octanol–water partition coefficient (Wildman–Crippen LogP) is 0.672. The topological polar surface area (TPSA) is 124 Å². The number of phenols is 1. The van der Waals surface area contributed by atoms with Crippen molar-refractivity contribution in [1.29, 1.82) is 0 Å². The van der Waals surface area contributed by atoms with Gasteiger partial charge in [0.15, 0.2) is 0 Å². The minimum Gasteiger partial charge on any atom is -0.507 e. The molecule has 0 aliphatic heterocycles. The molecular formula is C13H17NO6S. The summed E-state index contributed by atoms with van der Waals surface area (Å²) in [4.78, 5) is 10.7. The number of rotatable bonds is 4. The van der Waals surface area contributed by atoms with Gasteiger partial charge < -0.3 is 15.3 Å². The van der Waals surface area contributed by atoms with Gasteiger partial charge >= 0.3 is 5.97 Å². The average Bonchev–Trinajstić information content (AvgIpc) is 2.41. The van der Waals surface area contributed by atoms with Gasteiger partial charge in [0.2, 0.25) is 10.0 Å². The quantitative estimate of drug-likeness (QED) is 0.647. The molecule has 7 nitrogen and oxygen atoms in total. The second-order valence-corrected chi connectivity index (χ2v) is 6.78. The number of aromatic hydroxyl groups is 1. The van der Waals surface area contributed by atoms with Gasteiger partial charge in [0.1, 0.15) is 11.3 Å². The summed E-state index contributed by atoms with van der Waals surface area (Å²) in [7, 11) is -3.95. The van der Waals surface area contributed by atoms with Crippen LogP contribution in [0.5, 0.6) is 5.75 Å². The Morgan fingerprint density at radius 2 is 1.90 bits per heavy atom. The molecular weight excluding hydrogens is 298 g/mol. The first-order valence-electron chi connectivity index (χ1n) is 6.58. The number of hydrogen-bond acceptors (Lipinski definition) is 5. The predicted molar refractivity (Wildman–Crippen MR) is 73.7 cm³/mol. The van der Waals surface area contributed by atoms with Crippen molar-refractivity contribution in [2.45, 2.75) is 42.7 Å². The molecule has 8 heteroatoms. The van der Waals surface area contributed by atoms with Crippen molar-refractivity contribution in [3.63, 3.8) is 0 Å². The number of aromatic carboxylic acids is 1. The highest BCUT2D eigenvalue weighted by molar-refractivity contribution is 7.89. The third-order valence-corrected chi connectivity index (χ3v) is 5.03. The van der Waals surface area contributed by atoms with Gasteiger partial charge in [-0.15, -0.1) is 0 Å². The van der Waals surface area contributed by atoms with E-state index in [1.54, 1.807) is 0 Å². The molecule has 0 unspecified atom stereocenters. The lowest BCUT2D eigenvalue weighted by Crippen LogP contribution is -2.44. The van der Waals surface area contributed by atoms with Crippen molar-refractivity contribution in [3.05, 3.63) is 23.8 Å². The van der Waals surface area contributed by atoms with Gasteiger partial charge in [-0.05, 0) is 31.0 Å². The average molecular weight is 315 g/mol. The Balaban J connectivity index is 2.27. The molecule has 2 atom stereocenters. The SMILES string of the molecule is O=C(O)c1cc(S(=O)(=O)N[C@@H]2CCCC[C@H]2O)ccc1O. The van der Waals surface area contributed by atoms with E-state index in [-0.39, 0.29) is 4.90 Å². The van der Waals surface area contributed by atoms with Gasteiger partial charge in [0.25, 0.3) is 0 Å². The summed E-state index contributed by atoms with van der Waals surface area (Å²) in [6.07, 6.45) is 1.99. The number of sulfonamides is 1. The Kier molecular flexibility index (Phi) is 4.50. The summed E-state index contributed by atoms with van der Waals surface area (Å²) in [5.74, 6) is -1.92. The van der Waals surface area contributed by atoms with E-state index in [4.69, 9.17) is 5.11 Å². The fraction of sp³-hybridized carbons (Fsp3) is 0.462. The highest BCUT2D eigenvalue weighted by Gasteiger charge is 2.28. The lowest BCUT2D eigenvalue weighted by Gasteiger charge is -2.28. The molecule has 0 amide bonds. The molecule has 0 saturated heterocycles. The third kappa shape index (κ3) is 3.52. The number of aliphatic hydroxyl groups is 1. The van der Waals surface area contributed by atoms with Crippen LogP contribution < -0.4 is 4.72 Å². The number of aliphatic hydroxyl groups excluding tert-OH is 1. The van der Waals surface area contributed by atoms with E-state index >= 15 is 0 Å². The maximum atomic E-state index is 12.2. The third-order valence-electron chi connectivity index (χ3n) is 3.54. The maximum Gasteiger partial charge on any atom is 0.339 e. The van der Waals surface area contributed by atoms with Crippen molar-refractivity contribution in [2.75, 3.05) is 0 Å². The highest BCUT2D eigenvalue weighted by Crippen LogP contribution is 2.24. The monoisotopic (exact) mass is 315 g/mol. The molecule has 4 N–H and O–H groups in total. The summed E-state index contributed by atoms with van der Waals surface area (Å²) < 4.78 is 26.9. The van der Waals surface area contributed by atoms with Gasteiger partial charge in [-0.2, -0.15) is 0 Å². The maximum absolute atomic E-state index is 12.2. The molecule has 0 heterocycles. The van der Waals surface area contributed by atoms with Crippen LogP contribution in [-0.4, -0.2) is 41.9 Å². The number of carboxylic acid groups (broad SMARTS) is 1. The van der Waals surface area contributed by atoms with Crippen LogP contribution in [0.3, 0.4) is 0 Å². The molecule has 1 saturated carbocycles. The molecule has 1 aliphatic carbocycles. The molecule has 1 aliphatic rings. The van der Waals surface area contributed by atoms with E-state index in [1.165, 1.54) is 0 Å². The molecule has 0 spiro atoms. The Morgan fingerprint density at radius 1 is 1.24 bits per heavy atom. The van der Waals surface area contributed by atoms with Gasteiger partial charge in [0.05, 0.1) is 11.0 Å². The van der Waals surface area contributed by atoms with Crippen molar-refractivity contribution >= 4 is 16.0 Å². The molecule has 21 heavy (non-hydrogen) atoms. The van der Waals surface area contributed by atoms with E-state index < -0.39 is 39.5 Å². The first-order valence-corrected chi connectivity index (χ1v) is 8.06. The smallest absolute Gasteiger partial charge is 0.339 e. The second kappa shape index (κ2) is 6.00. The van der Waals surface area contributed by atoms with E-state index in [0.29, 0.717) is 12.8 Å². The number of hydrogen-bond donors (Lipinski definition) is 4. The van der Waals surface area contributed by atoms with Crippen molar-refractivity contribution in [3.8, 4) is 5.75 Å². The lowest BCUT2D eigenvalue weighted by atomic mass is 9.93. The van der Waals surface area contributed by atoms with Crippen molar-refractivity contribution < 1.29 is 28.5 Å². The van der Waals surface area contributed by atoms with Crippen LogP contribution in [0.15, 0.2) is 23.1 Å². The Bertz CT molecular complexity index is 642. The highest BCUT2D eigenvalue weighted by atomic mass is 32.2. The minimum atomic E-state index is -3.95. The van der Waals surface area contributed by atoms with Crippen LogP contribution in [0.4, 0.5) is 0 Å². The number of carbonyl (C=O) groups is 1. The summed E-state index contributed by atoms with van der Waals surface area (Å²) in [6.45, 7) is 0. The number of benzene rings is 1. The largest absolute Gasteiger partial charge is 0.507 e. The number of carboxylic acids is 1. The van der Waals surface area contributed by atoms with Gasteiger partial charge in [-0.25, -0.2) is 17.9 Å². The zero-order chi connectivity index (χ0) is 15.6. The lowest BCUT2D eigenvalue weighted by molar-refractivity contribution is 0.0693. The number of nitrogens with one attached hydrogen (secondary N) is 1. The molecule has 0 radical (unpaired) electrons. The summed E-state index contributed by atoms with van der Waals surface area (Å²) >= 11 is 0. The van der Waals surface area contributed by atoms with E-state index in [2.05, 4.69) is 4.72 Å². The first kappa shape index (κ1) is 15.7. The van der Waals surface area contributed by atoms with Crippen LogP contribution >= 0.6 is 0 Å². The first-order chi connectivity index (χ1) is 9.81. The van der Waals surface area contributed by atoms with Crippen LogP contribution in [0.25, 0.3) is 0 Å². The molecule has 2 rings (SSSR count). The van der Waals surface area contributed by atoms with Gasteiger partial charge in [0, 0.05) is 6.04 Å². The van der Waals surface area contributed by atoms with Crippen LogP contribution in [0.2, 0.25) is 0 Å².